The topological polar surface area (TPSA) is 21.3 Å². The lowest BCUT2D eigenvalue weighted by Gasteiger charge is -2.08. The Kier molecular flexibility index (Phi) is 6.29. The van der Waals surface area contributed by atoms with Crippen molar-refractivity contribution in [2.75, 3.05) is 12.4 Å². The minimum Gasteiger partial charge on any atom is -0.381 e. The molecule has 0 unspecified atom stereocenters. The van der Waals surface area contributed by atoms with Gasteiger partial charge in [0, 0.05) is 19.3 Å². The molecule has 0 spiro atoms. The molecule has 0 radical (unpaired) electrons. The normalized spacial score (nSPS) is 10.6. The molecule has 2 aromatic rings. The van der Waals surface area contributed by atoms with Crippen molar-refractivity contribution in [3.63, 3.8) is 0 Å². The van der Waals surface area contributed by atoms with Crippen molar-refractivity contribution >= 4 is 5.69 Å². The smallest absolute Gasteiger partial charge is 0.0713 e. The lowest BCUT2D eigenvalue weighted by molar-refractivity contribution is 0.185. The summed E-state index contributed by atoms with van der Waals surface area (Å²) in [5, 5.41) is 3.46. The van der Waals surface area contributed by atoms with Gasteiger partial charge in [-0.3, -0.25) is 0 Å². The fourth-order valence-electron chi connectivity index (χ4n) is 2.29. The van der Waals surface area contributed by atoms with Gasteiger partial charge in [-0.1, -0.05) is 49.7 Å². The van der Waals surface area contributed by atoms with E-state index in [1.807, 2.05) is 0 Å². The Labute approximate surface area is 128 Å². The fraction of sp³-hybridized carbons (Fsp3) is 0.368. The highest BCUT2D eigenvalue weighted by Gasteiger charge is 1.97. The zero-order chi connectivity index (χ0) is 14.9. The zero-order valence-electron chi connectivity index (χ0n) is 13.1. The molecule has 112 valence electrons. The number of rotatable bonds is 8. The van der Waals surface area contributed by atoms with Crippen LogP contribution in [0.4, 0.5) is 5.69 Å². The van der Waals surface area contributed by atoms with E-state index in [1.54, 1.807) is 7.11 Å². The zero-order valence-corrected chi connectivity index (χ0v) is 13.1. The maximum atomic E-state index is 5.12. The Balaban J connectivity index is 1.84. The van der Waals surface area contributed by atoms with Gasteiger partial charge in [0.1, 0.15) is 0 Å². The number of ether oxygens (including phenoxy) is 1. The van der Waals surface area contributed by atoms with Crippen LogP contribution in [-0.4, -0.2) is 7.11 Å². The summed E-state index contributed by atoms with van der Waals surface area (Å²) in [6, 6.07) is 17.3. The molecule has 0 saturated heterocycles. The van der Waals surface area contributed by atoms with Gasteiger partial charge < -0.3 is 10.1 Å². The molecule has 0 atom stereocenters. The van der Waals surface area contributed by atoms with E-state index in [4.69, 9.17) is 4.74 Å². The maximum Gasteiger partial charge on any atom is 0.0713 e. The molecule has 2 heteroatoms. The molecule has 0 aliphatic rings. The first-order chi connectivity index (χ1) is 10.3. The van der Waals surface area contributed by atoms with Crippen LogP contribution in [0, 0.1) is 0 Å². The van der Waals surface area contributed by atoms with Crippen LogP contribution in [0.3, 0.4) is 0 Å². The van der Waals surface area contributed by atoms with Crippen LogP contribution in [0.25, 0.3) is 0 Å². The molecule has 2 nitrogen and oxygen atoms in total. The Bertz CT molecular complexity index is 516. The van der Waals surface area contributed by atoms with E-state index in [-0.39, 0.29) is 0 Å². The van der Waals surface area contributed by atoms with Gasteiger partial charge in [-0.05, 0) is 41.7 Å². The van der Waals surface area contributed by atoms with Gasteiger partial charge in [-0.25, -0.2) is 0 Å². The second kappa shape index (κ2) is 8.48. The number of unbranched alkanes of at least 4 members (excludes halogenated alkanes) is 1. The van der Waals surface area contributed by atoms with Gasteiger partial charge in [0.2, 0.25) is 0 Å². The Morgan fingerprint density at radius 3 is 2.10 bits per heavy atom. The summed E-state index contributed by atoms with van der Waals surface area (Å²) in [6.45, 7) is 3.75. The van der Waals surface area contributed by atoms with Gasteiger partial charge in [0.25, 0.3) is 0 Å². The van der Waals surface area contributed by atoms with Crippen molar-refractivity contribution in [2.24, 2.45) is 0 Å². The molecular weight excluding hydrogens is 258 g/mol. The van der Waals surface area contributed by atoms with Crippen LogP contribution >= 0.6 is 0 Å². The molecule has 0 aliphatic carbocycles. The minimum atomic E-state index is 0.674. The third kappa shape index (κ3) is 5.24. The van der Waals surface area contributed by atoms with Crippen LogP contribution < -0.4 is 5.32 Å². The minimum absolute atomic E-state index is 0.674. The van der Waals surface area contributed by atoms with Gasteiger partial charge in [0.05, 0.1) is 6.61 Å². The average molecular weight is 283 g/mol. The van der Waals surface area contributed by atoms with Crippen LogP contribution in [0.1, 0.15) is 36.5 Å². The van der Waals surface area contributed by atoms with Gasteiger partial charge >= 0.3 is 0 Å². The van der Waals surface area contributed by atoms with Crippen molar-refractivity contribution in [3.05, 3.63) is 65.2 Å². The Hall–Kier alpha value is -1.80. The van der Waals surface area contributed by atoms with Gasteiger partial charge in [-0.2, -0.15) is 0 Å². The lowest BCUT2D eigenvalue weighted by Crippen LogP contribution is -2.00. The van der Waals surface area contributed by atoms with E-state index in [1.165, 1.54) is 41.6 Å². The van der Waals surface area contributed by atoms with Crippen LogP contribution in [0.2, 0.25) is 0 Å². The quantitative estimate of drug-likeness (QED) is 0.752. The molecule has 0 aromatic heterocycles. The Morgan fingerprint density at radius 2 is 1.48 bits per heavy atom. The van der Waals surface area contributed by atoms with Crippen molar-refractivity contribution in [1.82, 2.24) is 0 Å². The monoisotopic (exact) mass is 283 g/mol. The molecule has 1 N–H and O–H groups in total. The first-order valence-corrected chi connectivity index (χ1v) is 7.71. The highest BCUT2D eigenvalue weighted by atomic mass is 16.5. The molecule has 0 amide bonds. The largest absolute Gasteiger partial charge is 0.381 e. The molecule has 0 aliphatic heterocycles. The van der Waals surface area contributed by atoms with E-state index in [0.29, 0.717) is 6.61 Å². The second-order valence-electron chi connectivity index (χ2n) is 5.40. The number of hydrogen-bond acceptors (Lipinski definition) is 2. The number of nitrogens with one attached hydrogen (secondary N) is 1. The van der Waals surface area contributed by atoms with Crippen LogP contribution in [0.15, 0.2) is 48.5 Å². The predicted octanol–water partition coefficient (Wildman–Crippen LogP) is 4.79. The first-order valence-electron chi connectivity index (χ1n) is 7.71. The summed E-state index contributed by atoms with van der Waals surface area (Å²) >= 11 is 0. The third-order valence-electron chi connectivity index (χ3n) is 3.60. The van der Waals surface area contributed by atoms with Crippen molar-refractivity contribution in [2.45, 2.75) is 39.3 Å². The van der Waals surface area contributed by atoms with Gasteiger partial charge in [0.15, 0.2) is 0 Å². The second-order valence-corrected chi connectivity index (χ2v) is 5.40. The standard InChI is InChI=1S/C19H25NO/c1-3-4-5-16-10-12-19(13-11-16)20-14-17-6-8-18(9-7-17)15-21-2/h6-13,20H,3-5,14-15H2,1-2H3. The van der Waals surface area contributed by atoms with Crippen molar-refractivity contribution in [3.8, 4) is 0 Å². The van der Waals surface area contributed by atoms with Gasteiger partial charge in [-0.15, -0.1) is 0 Å². The average Bonchev–Trinajstić information content (AvgIpc) is 2.53. The molecule has 0 bridgehead atoms. The fourth-order valence-corrected chi connectivity index (χ4v) is 2.29. The highest BCUT2D eigenvalue weighted by molar-refractivity contribution is 5.45. The molecule has 0 heterocycles. The summed E-state index contributed by atoms with van der Waals surface area (Å²) in [4.78, 5) is 0. The Morgan fingerprint density at radius 1 is 0.857 bits per heavy atom. The molecular formula is C19H25NO. The highest BCUT2D eigenvalue weighted by Crippen LogP contribution is 2.13. The van der Waals surface area contributed by atoms with Crippen molar-refractivity contribution in [1.29, 1.82) is 0 Å². The molecule has 21 heavy (non-hydrogen) atoms. The molecule has 2 aromatic carbocycles. The predicted molar refractivity (Wildman–Crippen MR) is 89.5 cm³/mol. The number of methoxy groups -OCH3 is 1. The summed E-state index contributed by atoms with van der Waals surface area (Å²) in [5.74, 6) is 0. The first kappa shape index (κ1) is 15.6. The van der Waals surface area contributed by atoms with E-state index in [2.05, 4.69) is 60.8 Å². The SMILES string of the molecule is CCCCc1ccc(NCc2ccc(COC)cc2)cc1. The molecule has 0 fully saturated rings. The molecule has 2 rings (SSSR count). The summed E-state index contributed by atoms with van der Waals surface area (Å²) in [6.07, 6.45) is 3.69. The van der Waals surface area contributed by atoms with Crippen LogP contribution in [0.5, 0.6) is 0 Å². The van der Waals surface area contributed by atoms with Crippen molar-refractivity contribution < 1.29 is 4.74 Å². The van der Waals surface area contributed by atoms with E-state index in [9.17, 15) is 0 Å². The molecule has 0 saturated carbocycles. The van der Waals surface area contributed by atoms with E-state index in [0.717, 1.165) is 6.54 Å². The number of benzene rings is 2. The summed E-state index contributed by atoms with van der Waals surface area (Å²) < 4.78 is 5.12. The van der Waals surface area contributed by atoms with Crippen LogP contribution in [-0.2, 0) is 24.3 Å². The van der Waals surface area contributed by atoms with E-state index < -0.39 is 0 Å². The third-order valence-corrected chi connectivity index (χ3v) is 3.60. The number of anilines is 1. The maximum absolute atomic E-state index is 5.12. The lowest BCUT2D eigenvalue weighted by atomic mass is 10.1. The summed E-state index contributed by atoms with van der Waals surface area (Å²) in [7, 11) is 1.72. The number of hydrogen-bond donors (Lipinski definition) is 1. The van der Waals surface area contributed by atoms with E-state index >= 15 is 0 Å². The summed E-state index contributed by atoms with van der Waals surface area (Å²) in [5.41, 5.74) is 5.09. The number of aryl methyl sites for hydroxylation is 1.